The van der Waals surface area contributed by atoms with E-state index in [2.05, 4.69) is 36.1 Å². The summed E-state index contributed by atoms with van der Waals surface area (Å²) in [5, 5.41) is 3.43. The van der Waals surface area contributed by atoms with Gasteiger partial charge < -0.3 is 10.1 Å². The van der Waals surface area contributed by atoms with Gasteiger partial charge in [-0.1, -0.05) is 6.92 Å². The molecule has 1 heterocycles. The number of aromatic nitrogens is 2. The van der Waals surface area contributed by atoms with Crippen molar-refractivity contribution in [2.75, 3.05) is 13.7 Å². The van der Waals surface area contributed by atoms with E-state index in [0.717, 1.165) is 18.5 Å². The number of nitrogens with zero attached hydrogens (tertiary/aromatic N) is 2. The second kappa shape index (κ2) is 5.92. The Kier molecular flexibility index (Phi) is 4.83. The van der Waals surface area contributed by atoms with Crippen molar-refractivity contribution < 1.29 is 4.74 Å². The van der Waals surface area contributed by atoms with E-state index in [1.807, 2.05) is 12.4 Å². The van der Waals surface area contributed by atoms with Gasteiger partial charge in [-0.25, -0.2) is 9.97 Å². The molecule has 0 aliphatic rings. The Morgan fingerprint density at radius 3 is 2.50 bits per heavy atom. The topological polar surface area (TPSA) is 47.0 Å². The van der Waals surface area contributed by atoms with Crippen LogP contribution in [0, 0.1) is 0 Å². The van der Waals surface area contributed by atoms with Crippen molar-refractivity contribution in [1.29, 1.82) is 0 Å². The van der Waals surface area contributed by atoms with Crippen LogP contribution in [0.3, 0.4) is 0 Å². The summed E-state index contributed by atoms with van der Waals surface area (Å²) in [6.45, 7) is 7.18. The molecule has 0 aliphatic carbocycles. The van der Waals surface area contributed by atoms with E-state index in [4.69, 9.17) is 4.74 Å². The molecule has 1 aromatic heterocycles. The van der Waals surface area contributed by atoms with Crippen LogP contribution in [0.4, 0.5) is 0 Å². The molecule has 1 unspecified atom stereocenters. The minimum Gasteiger partial charge on any atom is -0.379 e. The van der Waals surface area contributed by atoms with Crippen molar-refractivity contribution in [2.45, 2.75) is 38.8 Å². The highest BCUT2D eigenvalue weighted by molar-refractivity contribution is 5.10. The predicted molar refractivity (Wildman–Crippen MR) is 64.2 cm³/mol. The Bertz CT molecular complexity index is 300. The maximum Gasteiger partial charge on any atom is 0.115 e. The maximum absolute atomic E-state index is 5.46. The summed E-state index contributed by atoms with van der Waals surface area (Å²) in [7, 11) is 1.74. The Hall–Kier alpha value is -1.00. The molecule has 1 aromatic rings. The molecule has 0 amide bonds. The molecular weight excluding hydrogens is 202 g/mol. The second-order valence-corrected chi connectivity index (χ2v) is 4.45. The molecule has 0 radical (unpaired) electrons. The molecule has 0 saturated heterocycles. The minimum atomic E-state index is -0.150. The van der Waals surface area contributed by atoms with Crippen molar-refractivity contribution in [3.8, 4) is 0 Å². The van der Waals surface area contributed by atoms with E-state index < -0.39 is 0 Å². The van der Waals surface area contributed by atoms with Crippen LogP contribution in [0.15, 0.2) is 18.7 Å². The fourth-order valence-electron chi connectivity index (χ4n) is 1.62. The Morgan fingerprint density at radius 1 is 1.38 bits per heavy atom. The molecule has 4 nitrogen and oxygen atoms in total. The zero-order valence-corrected chi connectivity index (χ0v) is 10.5. The highest BCUT2D eigenvalue weighted by atomic mass is 16.5. The van der Waals surface area contributed by atoms with Crippen molar-refractivity contribution in [2.24, 2.45) is 0 Å². The van der Waals surface area contributed by atoms with Gasteiger partial charge in [-0.15, -0.1) is 0 Å². The normalized spacial score (nSPS) is 13.8. The van der Waals surface area contributed by atoms with Gasteiger partial charge in [-0.05, 0) is 26.8 Å². The SMILES string of the molecule is CCNC(CC(C)(C)OC)c1cncnc1. The quantitative estimate of drug-likeness (QED) is 0.800. The third-order valence-electron chi connectivity index (χ3n) is 2.68. The lowest BCUT2D eigenvalue weighted by Gasteiger charge is -2.29. The third kappa shape index (κ3) is 3.87. The largest absolute Gasteiger partial charge is 0.379 e. The molecule has 0 bridgehead atoms. The average Bonchev–Trinajstić information content (AvgIpc) is 2.29. The fraction of sp³-hybridized carbons (Fsp3) is 0.667. The average molecular weight is 223 g/mol. The van der Waals surface area contributed by atoms with Gasteiger partial charge >= 0.3 is 0 Å². The number of methoxy groups -OCH3 is 1. The Balaban J connectivity index is 2.76. The lowest BCUT2D eigenvalue weighted by molar-refractivity contribution is 0.00692. The van der Waals surface area contributed by atoms with Gasteiger partial charge in [0.2, 0.25) is 0 Å². The molecular formula is C12H21N3O. The van der Waals surface area contributed by atoms with Gasteiger partial charge in [-0.2, -0.15) is 0 Å². The van der Waals surface area contributed by atoms with Crippen molar-refractivity contribution >= 4 is 0 Å². The van der Waals surface area contributed by atoms with Gasteiger partial charge in [0, 0.05) is 31.1 Å². The van der Waals surface area contributed by atoms with Crippen LogP contribution in [-0.4, -0.2) is 29.2 Å². The summed E-state index contributed by atoms with van der Waals surface area (Å²) in [4.78, 5) is 8.10. The first kappa shape index (κ1) is 13.1. The molecule has 0 spiro atoms. The lowest BCUT2D eigenvalue weighted by Crippen LogP contribution is -2.32. The molecule has 1 rings (SSSR count). The first-order chi connectivity index (χ1) is 7.59. The van der Waals surface area contributed by atoms with E-state index >= 15 is 0 Å². The summed E-state index contributed by atoms with van der Waals surface area (Å²) < 4.78 is 5.46. The monoisotopic (exact) mass is 223 g/mol. The van der Waals surface area contributed by atoms with Crippen LogP contribution >= 0.6 is 0 Å². The summed E-state index contributed by atoms with van der Waals surface area (Å²) >= 11 is 0. The molecule has 0 fully saturated rings. The van der Waals surface area contributed by atoms with Crippen LogP contribution in [0.5, 0.6) is 0 Å². The highest BCUT2D eigenvalue weighted by Crippen LogP contribution is 2.24. The van der Waals surface area contributed by atoms with Crippen molar-refractivity contribution in [3.63, 3.8) is 0 Å². The Morgan fingerprint density at radius 2 is 2.00 bits per heavy atom. The van der Waals surface area contributed by atoms with E-state index in [0.29, 0.717) is 0 Å². The molecule has 4 heteroatoms. The van der Waals surface area contributed by atoms with Crippen LogP contribution in [0.25, 0.3) is 0 Å². The first-order valence-electron chi connectivity index (χ1n) is 5.62. The molecule has 0 aliphatic heterocycles. The molecule has 90 valence electrons. The number of hydrogen-bond donors (Lipinski definition) is 1. The van der Waals surface area contributed by atoms with Crippen LogP contribution in [-0.2, 0) is 4.74 Å². The van der Waals surface area contributed by atoms with Gasteiger partial charge in [0.1, 0.15) is 6.33 Å². The zero-order valence-electron chi connectivity index (χ0n) is 10.5. The number of hydrogen-bond acceptors (Lipinski definition) is 4. The second-order valence-electron chi connectivity index (χ2n) is 4.45. The molecule has 1 atom stereocenters. The van der Waals surface area contributed by atoms with E-state index in [1.54, 1.807) is 13.4 Å². The summed E-state index contributed by atoms with van der Waals surface area (Å²) in [5.41, 5.74) is 0.956. The van der Waals surface area contributed by atoms with Crippen LogP contribution in [0.2, 0.25) is 0 Å². The van der Waals surface area contributed by atoms with Crippen molar-refractivity contribution in [3.05, 3.63) is 24.3 Å². The van der Waals surface area contributed by atoms with E-state index in [9.17, 15) is 0 Å². The lowest BCUT2D eigenvalue weighted by atomic mass is 9.95. The third-order valence-corrected chi connectivity index (χ3v) is 2.68. The summed E-state index contributed by atoms with van der Waals surface area (Å²) in [6, 6.07) is 0.237. The minimum absolute atomic E-state index is 0.150. The number of ether oxygens (including phenoxy) is 1. The molecule has 16 heavy (non-hydrogen) atoms. The summed E-state index contributed by atoms with van der Waals surface area (Å²) in [6.07, 6.45) is 6.15. The molecule has 0 saturated carbocycles. The summed E-state index contributed by atoms with van der Waals surface area (Å²) in [5.74, 6) is 0. The smallest absolute Gasteiger partial charge is 0.115 e. The van der Waals surface area contributed by atoms with Gasteiger partial charge in [-0.3, -0.25) is 0 Å². The molecule has 0 aromatic carbocycles. The number of rotatable bonds is 6. The van der Waals surface area contributed by atoms with Crippen LogP contribution < -0.4 is 5.32 Å². The predicted octanol–water partition coefficient (Wildman–Crippen LogP) is 1.94. The fourth-order valence-corrected chi connectivity index (χ4v) is 1.62. The highest BCUT2D eigenvalue weighted by Gasteiger charge is 2.23. The Labute approximate surface area is 97.5 Å². The zero-order chi connectivity index (χ0) is 12.0. The van der Waals surface area contributed by atoms with Gasteiger partial charge in [0.15, 0.2) is 0 Å². The van der Waals surface area contributed by atoms with Gasteiger partial charge in [0.05, 0.1) is 5.60 Å². The number of nitrogens with one attached hydrogen (secondary N) is 1. The van der Waals surface area contributed by atoms with E-state index in [-0.39, 0.29) is 11.6 Å². The standard InChI is InChI=1S/C12H21N3O/c1-5-15-11(6-12(2,3)16-4)10-7-13-9-14-8-10/h7-9,11,15H,5-6H2,1-4H3. The van der Waals surface area contributed by atoms with Gasteiger partial charge in [0.25, 0.3) is 0 Å². The van der Waals surface area contributed by atoms with Crippen molar-refractivity contribution in [1.82, 2.24) is 15.3 Å². The van der Waals surface area contributed by atoms with E-state index in [1.165, 1.54) is 0 Å². The van der Waals surface area contributed by atoms with Crippen LogP contribution in [0.1, 0.15) is 38.8 Å². The molecule has 1 N–H and O–H groups in total. The first-order valence-corrected chi connectivity index (χ1v) is 5.62. The maximum atomic E-state index is 5.46.